The van der Waals surface area contributed by atoms with E-state index in [1.54, 1.807) is 42.5 Å². The fourth-order valence-electron chi connectivity index (χ4n) is 2.77. The second kappa shape index (κ2) is 9.77. The molecule has 3 aromatic carbocycles. The smallest absolute Gasteiger partial charge is 0.339 e. The molecule has 150 valence electrons. The number of amides is 1. The van der Waals surface area contributed by atoms with Gasteiger partial charge in [0.15, 0.2) is 6.61 Å². The summed E-state index contributed by atoms with van der Waals surface area (Å²) in [7, 11) is 0. The summed E-state index contributed by atoms with van der Waals surface area (Å²) in [5.74, 6) is -0.999. The van der Waals surface area contributed by atoms with Crippen LogP contribution in [0, 0.1) is 25.2 Å². The second-order valence-corrected chi connectivity index (χ2v) is 7.66. The molecule has 0 bridgehead atoms. The number of esters is 1. The van der Waals surface area contributed by atoms with E-state index in [4.69, 9.17) is 4.74 Å². The highest BCUT2D eigenvalue weighted by molar-refractivity contribution is 7.99. The molecule has 0 saturated carbocycles. The summed E-state index contributed by atoms with van der Waals surface area (Å²) >= 11 is 1.31. The van der Waals surface area contributed by atoms with Crippen LogP contribution in [0.2, 0.25) is 0 Å². The Morgan fingerprint density at radius 3 is 2.43 bits per heavy atom. The number of hydrogen-bond donors (Lipinski definition) is 1. The van der Waals surface area contributed by atoms with E-state index in [2.05, 4.69) is 11.4 Å². The molecule has 1 N–H and O–H groups in total. The van der Waals surface area contributed by atoms with Crippen LogP contribution in [-0.2, 0) is 9.53 Å². The van der Waals surface area contributed by atoms with Crippen LogP contribution in [-0.4, -0.2) is 18.5 Å². The molecule has 0 aromatic heterocycles. The molecule has 3 rings (SSSR count). The van der Waals surface area contributed by atoms with Gasteiger partial charge in [-0.25, -0.2) is 4.79 Å². The largest absolute Gasteiger partial charge is 0.452 e. The van der Waals surface area contributed by atoms with E-state index in [-0.39, 0.29) is 6.61 Å². The maximum atomic E-state index is 12.6. The Hall–Kier alpha value is -3.56. The fourth-order valence-corrected chi connectivity index (χ4v) is 3.79. The number of nitrogens with zero attached hydrogens (tertiary/aromatic N) is 1. The minimum absolute atomic E-state index is 0.342. The normalized spacial score (nSPS) is 10.2. The van der Waals surface area contributed by atoms with Crippen LogP contribution >= 0.6 is 11.8 Å². The van der Waals surface area contributed by atoms with Crippen molar-refractivity contribution in [2.24, 2.45) is 0 Å². The van der Waals surface area contributed by atoms with Gasteiger partial charge in [-0.2, -0.15) is 5.26 Å². The summed E-state index contributed by atoms with van der Waals surface area (Å²) in [6.07, 6.45) is 0. The van der Waals surface area contributed by atoms with Gasteiger partial charge in [0.05, 0.1) is 11.1 Å². The topological polar surface area (TPSA) is 79.2 Å². The zero-order valence-electron chi connectivity index (χ0n) is 16.6. The predicted molar refractivity (Wildman–Crippen MR) is 117 cm³/mol. The Kier molecular flexibility index (Phi) is 6.89. The van der Waals surface area contributed by atoms with Crippen molar-refractivity contribution in [3.05, 3.63) is 89.0 Å². The van der Waals surface area contributed by atoms with E-state index < -0.39 is 11.9 Å². The van der Waals surface area contributed by atoms with Gasteiger partial charge >= 0.3 is 5.97 Å². The summed E-state index contributed by atoms with van der Waals surface area (Å²) in [6, 6.07) is 21.9. The van der Waals surface area contributed by atoms with E-state index in [0.717, 1.165) is 16.0 Å². The molecule has 0 aliphatic heterocycles. The number of ether oxygens (including phenoxy) is 1. The third-order valence-corrected chi connectivity index (χ3v) is 5.70. The van der Waals surface area contributed by atoms with Gasteiger partial charge in [0.2, 0.25) is 0 Å². The SMILES string of the molecule is Cc1cccc(NC(=O)COC(=O)c2ccccc2Sc2ccccc2C#N)c1C. The zero-order valence-corrected chi connectivity index (χ0v) is 17.5. The van der Waals surface area contributed by atoms with E-state index in [1.165, 1.54) is 11.8 Å². The molecule has 0 spiro atoms. The zero-order chi connectivity index (χ0) is 21.5. The molecule has 0 saturated heterocycles. The Bertz CT molecular complexity index is 1140. The van der Waals surface area contributed by atoms with Gasteiger partial charge in [0, 0.05) is 15.5 Å². The number of anilines is 1. The standard InChI is InChI=1S/C24H20N2O3S/c1-16-8-7-11-20(17(16)2)26-23(27)15-29-24(28)19-10-4-6-13-22(19)30-21-12-5-3-9-18(21)14-25/h3-13H,15H2,1-2H3,(H,26,27). The first-order valence-electron chi connectivity index (χ1n) is 9.29. The van der Waals surface area contributed by atoms with Crippen molar-refractivity contribution in [2.45, 2.75) is 23.6 Å². The number of rotatable bonds is 6. The Morgan fingerprint density at radius 2 is 1.67 bits per heavy atom. The highest BCUT2D eigenvalue weighted by Gasteiger charge is 2.16. The highest BCUT2D eigenvalue weighted by atomic mass is 32.2. The van der Waals surface area contributed by atoms with Gasteiger partial charge in [-0.05, 0) is 55.3 Å². The summed E-state index contributed by atoms with van der Waals surface area (Å²) in [5, 5.41) is 12.0. The van der Waals surface area contributed by atoms with Gasteiger partial charge in [0.1, 0.15) is 6.07 Å². The van der Waals surface area contributed by atoms with Crippen LogP contribution in [0.1, 0.15) is 27.0 Å². The predicted octanol–water partition coefficient (Wildman–Crippen LogP) is 5.12. The molecule has 0 radical (unpaired) electrons. The van der Waals surface area contributed by atoms with Gasteiger partial charge in [-0.15, -0.1) is 0 Å². The lowest BCUT2D eigenvalue weighted by atomic mass is 10.1. The molecular formula is C24H20N2O3S. The van der Waals surface area contributed by atoms with Crippen molar-refractivity contribution in [1.82, 2.24) is 0 Å². The third kappa shape index (κ3) is 5.07. The molecule has 3 aromatic rings. The molecule has 6 heteroatoms. The number of hydrogen-bond acceptors (Lipinski definition) is 5. The summed E-state index contributed by atoms with van der Waals surface area (Å²) < 4.78 is 5.24. The summed E-state index contributed by atoms with van der Waals surface area (Å²) in [5.41, 5.74) is 3.59. The highest BCUT2D eigenvalue weighted by Crippen LogP contribution is 2.32. The van der Waals surface area contributed by atoms with Crippen molar-refractivity contribution in [3.8, 4) is 6.07 Å². The lowest BCUT2D eigenvalue weighted by Crippen LogP contribution is -2.21. The van der Waals surface area contributed by atoms with E-state index in [9.17, 15) is 14.9 Å². The van der Waals surface area contributed by atoms with Gasteiger partial charge in [-0.1, -0.05) is 48.2 Å². The third-order valence-electron chi connectivity index (χ3n) is 4.55. The number of aryl methyl sites for hydroxylation is 1. The number of nitrogens with one attached hydrogen (secondary N) is 1. The van der Waals surface area contributed by atoms with Crippen molar-refractivity contribution in [2.75, 3.05) is 11.9 Å². The monoisotopic (exact) mass is 416 g/mol. The quantitative estimate of drug-likeness (QED) is 0.564. The molecule has 0 atom stereocenters. The first kappa shape index (κ1) is 21.2. The Morgan fingerprint density at radius 1 is 0.967 bits per heavy atom. The van der Waals surface area contributed by atoms with Gasteiger partial charge in [-0.3, -0.25) is 4.79 Å². The van der Waals surface area contributed by atoms with Gasteiger partial charge < -0.3 is 10.1 Å². The molecular weight excluding hydrogens is 396 g/mol. The van der Waals surface area contributed by atoms with Crippen molar-refractivity contribution >= 4 is 29.3 Å². The number of carbonyl (C=O) groups is 2. The lowest BCUT2D eigenvalue weighted by Gasteiger charge is -2.12. The summed E-state index contributed by atoms with van der Waals surface area (Å²) in [4.78, 5) is 26.2. The lowest BCUT2D eigenvalue weighted by molar-refractivity contribution is -0.119. The first-order valence-corrected chi connectivity index (χ1v) is 10.1. The average Bonchev–Trinajstić information content (AvgIpc) is 2.76. The number of nitriles is 1. The molecule has 1 amide bonds. The molecule has 30 heavy (non-hydrogen) atoms. The van der Waals surface area contributed by atoms with Crippen LogP contribution in [0.25, 0.3) is 0 Å². The summed E-state index contributed by atoms with van der Waals surface area (Å²) in [6.45, 7) is 3.49. The van der Waals surface area contributed by atoms with Crippen molar-refractivity contribution < 1.29 is 14.3 Å². The van der Waals surface area contributed by atoms with Crippen LogP contribution in [0.15, 0.2) is 76.5 Å². The molecule has 0 aliphatic rings. The first-order chi connectivity index (χ1) is 14.5. The van der Waals surface area contributed by atoms with Crippen molar-refractivity contribution in [1.29, 1.82) is 5.26 Å². The Balaban J connectivity index is 1.68. The molecule has 0 unspecified atom stereocenters. The van der Waals surface area contributed by atoms with Crippen LogP contribution < -0.4 is 5.32 Å². The van der Waals surface area contributed by atoms with E-state index >= 15 is 0 Å². The number of benzene rings is 3. The van der Waals surface area contributed by atoms with Gasteiger partial charge in [0.25, 0.3) is 5.91 Å². The minimum atomic E-state index is -0.594. The second-order valence-electron chi connectivity index (χ2n) is 6.58. The average molecular weight is 417 g/mol. The van der Waals surface area contributed by atoms with Crippen LogP contribution in [0.4, 0.5) is 5.69 Å². The van der Waals surface area contributed by atoms with Crippen LogP contribution in [0.3, 0.4) is 0 Å². The maximum Gasteiger partial charge on any atom is 0.339 e. The molecule has 5 nitrogen and oxygen atoms in total. The number of carbonyl (C=O) groups excluding carboxylic acids is 2. The van der Waals surface area contributed by atoms with Crippen LogP contribution in [0.5, 0.6) is 0 Å². The maximum absolute atomic E-state index is 12.6. The fraction of sp³-hybridized carbons (Fsp3) is 0.125. The molecule has 0 fully saturated rings. The van der Waals surface area contributed by atoms with Crippen molar-refractivity contribution in [3.63, 3.8) is 0 Å². The minimum Gasteiger partial charge on any atom is -0.452 e. The molecule has 0 heterocycles. The van der Waals surface area contributed by atoms with E-state index in [0.29, 0.717) is 21.7 Å². The van der Waals surface area contributed by atoms with E-state index in [1.807, 2.05) is 38.1 Å². The molecule has 0 aliphatic carbocycles. The Labute approximate surface area is 179 Å².